The first-order valence-corrected chi connectivity index (χ1v) is 8.59. The Bertz CT molecular complexity index is 791. The van der Waals surface area contributed by atoms with Crippen molar-refractivity contribution in [2.45, 2.75) is 60.3 Å². The maximum absolute atomic E-state index is 2.45. The highest BCUT2D eigenvalue weighted by atomic mass is 14.3. The van der Waals surface area contributed by atoms with E-state index in [0.29, 0.717) is 0 Å². The van der Waals surface area contributed by atoms with Crippen LogP contribution < -0.4 is 0 Å². The van der Waals surface area contributed by atoms with E-state index in [1.807, 2.05) is 0 Å². The molecule has 0 bridgehead atoms. The highest BCUT2D eigenvalue weighted by Crippen LogP contribution is 2.41. The number of hydrogen-bond donors (Lipinski definition) is 0. The Morgan fingerprint density at radius 2 is 1.43 bits per heavy atom. The van der Waals surface area contributed by atoms with Crippen LogP contribution in [-0.4, -0.2) is 0 Å². The van der Waals surface area contributed by atoms with Gasteiger partial charge in [0, 0.05) is 0 Å². The lowest BCUT2D eigenvalue weighted by molar-refractivity contribution is 0.585. The third-order valence-corrected chi connectivity index (χ3v) is 4.89. The SMILES string of the molecule is CC1=Cc2c(cc(C(C)(C)C)c(C)c2-c2cc(C)cc(C)c2)C1. The van der Waals surface area contributed by atoms with Crippen molar-refractivity contribution in [3.8, 4) is 11.1 Å². The molecule has 1 aliphatic rings. The lowest BCUT2D eigenvalue weighted by Gasteiger charge is -2.26. The molecule has 0 saturated carbocycles. The monoisotopic (exact) mass is 304 g/mol. The fraction of sp³-hybridized carbons (Fsp3) is 0.391. The molecule has 0 aliphatic heterocycles. The van der Waals surface area contributed by atoms with Crippen molar-refractivity contribution in [1.29, 1.82) is 0 Å². The molecule has 0 fully saturated rings. The Labute approximate surface area is 141 Å². The second-order valence-corrected chi connectivity index (χ2v) is 8.29. The first-order chi connectivity index (χ1) is 10.7. The third kappa shape index (κ3) is 2.87. The van der Waals surface area contributed by atoms with Crippen LogP contribution in [0.5, 0.6) is 0 Å². The largest absolute Gasteiger partial charge is 0.0683 e. The number of benzene rings is 2. The van der Waals surface area contributed by atoms with Gasteiger partial charge in [0.15, 0.2) is 0 Å². The second-order valence-electron chi connectivity index (χ2n) is 8.29. The molecule has 23 heavy (non-hydrogen) atoms. The van der Waals surface area contributed by atoms with E-state index in [0.717, 1.165) is 6.42 Å². The van der Waals surface area contributed by atoms with E-state index in [1.54, 1.807) is 0 Å². The molecule has 0 saturated heterocycles. The zero-order valence-electron chi connectivity index (χ0n) is 15.6. The number of rotatable bonds is 1. The van der Waals surface area contributed by atoms with Gasteiger partial charge in [-0.3, -0.25) is 0 Å². The number of fused-ring (bicyclic) bond motifs is 1. The van der Waals surface area contributed by atoms with Crippen molar-refractivity contribution < 1.29 is 0 Å². The standard InChI is InChI=1S/C23H28/c1-14-8-15(2)11-19(10-14)22-17(4)21(23(5,6)7)13-18-9-16(3)12-20(18)22/h8,10-13H,9H2,1-7H3. The van der Waals surface area contributed by atoms with Gasteiger partial charge in [-0.1, -0.05) is 67.8 Å². The molecule has 0 unspecified atom stereocenters. The smallest absolute Gasteiger partial charge is 0.00603 e. The van der Waals surface area contributed by atoms with Gasteiger partial charge in [0.1, 0.15) is 0 Å². The van der Waals surface area contributed by atoms with Gasteiger partial charge in [-0.25, -0.2) is 0 Å². The van der Waals surface area contributed by atoms with Crippen molar-refractivity contribution in [3.05, 3.63) is 63.2 Å². The van der Waals surface area contributed by atoms with Crippen LogP contribution in [0.15, 0.2) is 29.8 Å². The van der Waals surface area contributed by atoms with E-state index < -0.39 is 0 Å². The van der Waals surface area contributed by atoms with E-state index >= 15 is 0 Å². The zero-order chi connectivity index (χ0) is 16.9. The lowest BCUT2D eigenvalue weighted by Crippen LogP contribution is -2.15. The summed E-state index contributed by atoms with van der Waals surface area (Å²) in [5.41, 5.74) is 13.0. The van der Waals surface area contributed by atoms with E-state index in [1.165, 1.54) is 50.1 Å². The Balaban J connectivity index is 2.36. The molecule has 0 radical (unpaired) electrons. The van der Waals surface area contributed by atoms with Gasteiger partial charge in [0.25, 0.3) is 0 Å². The van der Waals surface area contributed by atoms with Gasteiger partial charge < -0.3 is 0 Å². The van der Waals surface area contributed by atoms with E-state index in [4.69, 9.17) is 0 Å². The fourth-order valence-electron chi connectivity index (χ4n) is 4.04. The highest BCUT2D eigenvalue weighted by Gasteiger charge is 2.25. The molecule has 0 N–H and O–H groups in total. The van der Waals surface area contributed by atoms with Crippen LogP contribution in [0.2, 0.25) is 0 Å². The summed E-state index contributed by atoms with van der Waals surface area (Å²) in [7, 11) is 0. The van der Waals surface area contributed by atoms with Gasteiger partial charge in [-0.2, -0.15) is 0 Å². The average Bonchev–Trinajstić information content (AvgIpc) is 2.75. The van der Waals surface area contributed by atoms with Crippen LogP contribution in [0.4, 0.5) is 0 Å². The summed E-state index contributed by atoms with van der Waals surface area (Å²) in [5.74, 6) is 0. The van der Waals surface area contributed by atoms with E-state index in [-0.39, 0.29) is 5.41 Å². The van der Waals surface area contributed by atoms with Gasteiger partial charge in [-0.05, 0) is 72.9 Å². The van der Waals surface area contributed by atoms with Crippen LogP contribution in [-0.2, 0) is 11.8 Å². The lowest BCUT2D eigenvalue weighted by atomic mass is 9.78. The Morgan fingerprint density at radius 1 is 0.826 bits per heavy atom. The summed E-state index contributed by atoms with van der Waals surface area (Å²) in [5, 5.41) is 0. The molecular weight excluding hydrogens is 276 g/mol. The van der Waals surface area contributed by atoms with Crippen LogP contribution in [0, 0.1) is 20.8 Å². The van der Waals surface area contributed by atoms with Crippen LogP contribution in [0.3, 0.4) is 0 Å². The molecule has 0 atom stereocenters. The molecule has 0 nitrogen and oxygen atoms in total. The minimum Gasteiger partial charge on any atom is -0.0683 e. The predicted molar refractivity (Wildman–Crippen MR) is 102 cm³/mol. The molecule has 1 aliphatic carbocycles. The Kier molecular flexibility index (Phi) is 3.75. The summed E-state index contributed by atoms with van der Waals surface area (Å²) < 4.78 is 0. The minimum atomic E-state index is 0.170. The summed E-state index contributed by atoms with van der Waals surface area (Å²) >= 11 is 0. The number of aryl methyl sites for hydroxylation is 2. The van der Waals surface area contributed by atoms with Crippen LogP contribution in [0.1, 0.15) is 61.1 Å². The highest BCUT2D eigenvalue weighted by molar-refractivity contribution is 5.84. The molecular formula is C23H28. The molecule has 0 aromatic heterocycles. The quantitative estimate of drug-likeness (QED) is 0.561. The topological polar surface area (TPSA) is 0 Å². The van der Waals surface area contributed by atoms with E-state index in [2.05, 4.69) is 78.8 Å². The fourth-order valence-corrected chi connectivity index (χ4v) is 4.04. The summed E-state index contributed by atoms with van der Waals surface area (Å²) in [6, 6.07) is 9.38. The molecule has 0 amide bonds. The van der Waals surface area contributed by atoms with Crippen LogP contribution in [0.25, 0.3) is 17.2 Å². The maximum Gasteiger partial charge on any atom is -0.00603 e. The van der Waals surface area contributed by atoms with Crippen molar-refractivity contribution in [2.24, 2.45) is 0 Å². The molecule has 3 rings (SSSR count). The molecule has 0 heteroatoms. The number of allylic oxidation sites excluding steroid dienone is 1. The van der Waals surface area contributed by atoms with Gasteiger partial charge in [-0.15, -0.1) is 0 Å². The maximum atomic E-state index is 2.45. The van der Waals surface area contributed by atoms with Crippen molar-refractivity contribution >= 4 is 6.08 Å². The molecule has 2 aromatic rings. The van der Waals surface area contributed by atoms with Crippen molar-refractivity contribution in [1.82, 2.24) is 0 Å². The Morgan fingerprint density at radius 3 is 2.00 bits per heavy atom. The summed E-state index contributed by atoms with van der Waals surface area (Å²) in [4.78, 5) is 0. The molecule has 2 aromatic carbocycles. The van der Waals surface area contributed by atoms with Crippen molar-refractivity contribution in [2.75, 3.05) is 0 Å². The average molecular weight is 304 g/mol. The normalized spacial score (nSPS) is 14.0. The molecule has 0 spiro atoms. The van der Waals surface area contributed by atoms with Crippen LogP contribution >= 0.6 is 0 Å². The van der Waals surface area contributed by atoms with Gasteiger partial charge >= 0.3 is 0 Å². The molecule has 120 valence electrons. The van der Waals surface area contributed by atoms with Gasteiger partial charge in [0.05, 0.1) is 0 Å². The summed E-state index contributed by atoms with van der Waals surface area (Å²) in [6.07, 6.45) is 3.48. The van der Waals surface area contributed by atoms with E-state index in [9.17, 15) is 0 Å². The zero-order valence-corrected chi connectivity index (χ0v) is 15.6. The molecule has 0 heterocycles. The minimum absolute atomic E-state index is 0.170. The first-order valence-electron chi connectivity index (χ1n) is 8.59. The second kappa shape index (κ2) is 5.37. The third-order valence-electron chi connectivity index (χ3n) is 4.89. The number of hydrogen-bond acceptors (Lipinski definition) is 0. The first kappa shape index (κ1) is 16.1. The predicted octanol–water partition coefficient (Wildman–Crippen LogP) is 6.54. The van der Waals surface area contributed by atoms with Crippen molar-refractivity contribution in [3.63, 3.8) is 0 Å². The van der Waals surface area contributed by atoms with Gasteiger partial charge in [0.2, 0.25) is 0 Å². The summed E-state index contributed by atoms with van der Waals surface area (Å²) in [6.45, 7) is 15.9. The Hall–Kier alpha value is -1.82.